The highest BCUT2D eigenvalue weighted by atomic mass is 79.9. The Bertz CT molecular complexity index is 305. The Morgan fingerprint density at radius 1 is 0.800 bits per heavy atom. The molecule has 0 aliphatic carbocycles. The predicted molar refractivity (Wildman–Crippen MR) is 99.6 cm³/mol. The van der Waals surface area contributed by atoms with E-state index in [0.29, 0.717) is 24.4 Å². The molecule has 0 aromatic rings. The van der Waals surface area contributed by atoms with Gasteiger partial charge in [-0.05, 0) is 25.0 Å². The van der Waals surface area contributed by atoms with Crippen LogP contribution in [-0.2, 0) is 13.6 Å². The summed E-state index contributed by atoms with van der Waals surface area (Å²) in [4.78, 5) is 0. The maximum absolute atomic E-state index is 11.9. The van der Waals surface area contributed by atoms with E-state index < -0.39 is 8.25 Å². The molecule has 3 nitrogen and oxygen atoms in total. The fraction of sp³-hybridized carbons (Fsp3) is 0.667. The predicted octanol–water partition coefficient (Wildman–Crippen LogP) is 6.58. The molecule has 0 heterocycles. The van der Waals surface area contributed by atoms with Crippen LogP contribution in [0.1, 0.15) is 25.7 Å². The van der Waals surface area contributed by atoms with Crippen molar-refractivity contribution in [3.8, 4) is 0 Å². The molecule has 0 saturated heterocycles. The average molecular weight is 561 g/mol. The topological polar surface area (TPSA) is 35.5 Å². The molecule has 0 aliphatic rings. The van der Waals surface area contributed by atoms with Gasteiger partial charge in [0.2, 0.25) is 0 Å². The summed E-state index contributed by atoms with van der Waals surface area (Å²) in [5, 5.41) is 3.22. The SMILES string of the molecule is O=[P+](O/C(=C\CCBr)CCBr)O/C(=C\CCBr)CCBr. The molecule has 0 unspecified atom stereocenters. The zero-order chi connectivity index (χ0) is 15.2. The summed E-state index contributed by atoms with van der Waals surface area (Å²) >= 11 is 13.4. The third kappa shape index (κ3) is 11.7. The Kier molecular flexibility index (Phi) is 15.8. The maximum atomic E-state index is 11.9. The first kappa shape index (κ1) is 21.1. The van der Waals surface area contributed by atoms with Crippen molar-refractivity contribution >= 4 is 72.0 Å². The van der Waals surface area contributed by atoms with Crippen molar-refractivity contribution in [3.63, 3.8) is 0 Å². The zero-order valence-electron chi connectivity index (χ0n) is 11.0. The van der Waals surface area contributed by atoms with Crippen molar-refractivity contribution in [2.45, 2.75) is 25.7 Å². The van der Waals surface area contributed by atoms with Gasteiger partial charge in [0.25, 0.3) is 0 Å². The quantitative estimate of drug-likeness (QED) is 0.154. The molecular weight excluding hydrogens is 543 g/mol. The van der Waals surface area contributed by atoms with Gasteiger partial charge in [-0.15, -0.1) is 0 Å². The molecule has 0 aromatic carbocycles. The van der Waals surface area contributed by atoms with E-state index in [2.05, 4.69) is 63.7 Å². The van der Waals surface area contributed by atoms with Crippen LogP contribution < -0.4 is 0 Å². The molecule has 116 valence electrons. The Morgan fingerprint density at radius 2 is 1.20 bits per heavy atom. The molecule has 0 aromatic heterocycles. The smallest absolute Gasteiger partial charge is 0.227 e. The molecule has 8 heteroatoms. The normalized spacial score (nSPS) is 12.4. The maximum Gasteiger partial charge on any atom is 0.804 e. The van der Waals surface area contributed by atoms with E-state index in [9.17, 15) is 4.57 Å². The minimum atomic E-state index is -2.17. The van der Waals surface area contributed by atoms with E-state index in [-0.39, 0.29) is 0 Å². The lowest BCUT2D eigenvalue weighted by Crippen LogP contribution is -1.92. The van der Waals surface area contributed by atoms with Crippen LogP contribution >= 0.6 is 72.0 Å². The van der Waals surface area contributed by atoms with Crippen molar-refractivity contribution < 1.29 is 13.6 Å². The third-order valence-electron chi connectivity index (χ3n) is 2.03. The first-order valence-corrected chi connectivity index (χ1v) is 11.7. The lowest BCUT2D eigenvalue weighted by atomic mass is 10.3. The van der Waals surface area contributed by atoms with Gasteiger partial charge in [0.05, 0.1) is 0 Å². The van der Waals surface area contributed by atoms with E-state index >= 15 is 0 Å². The second-order valence-electron chi connectivity index (χ2n) is 3.58. The summed E-state index contributed by atoms with van der Waals surface area (Å²) in [7, 11) is -2.17. The molecule has 0 bridgehead atoms. The van der Waals surface area contributed by atoms with Gasteiger partial charge in [-0.2, -0.15) is 0 Å². The second kappa shape index (κ2) is 15.0. The van der Waals surface area contributed by atoms with E-state index in [1.165, 1.54) is 0 Å². The molecule has 0 fully saturated rings. The van der Waals surface area contributed by atoms with Crippen molar-refractivity contribution in [2.75, 3.05) is 21.3 Å². The van der Waals surface area contributed by atoms with Crippen LogP contribution in [0.3, 0.4) is 0 Å². The van der Waals surface area contributed by atoms with Crippen LogP contribution in [0.15, 0.2) is 23.7 Å². The molecule has 0 spiro atoms. The fourth-order valence-corrected chi connectivity index (χ4v) is 3.19. The third-order valence-corrected chi connectivity index (χ3v) is 4.50. The van der Waals surface area contributed by atoms with Gasteiger partial charge in [-0.3, -0.25) is 0 Å². The monoisotopic (exact) mass is 557 g/mol. The largest absolute Gasteiger partial charge is 0.804 e. The number of halogens is 4. The minimum absolute atomic E-state index is 0.691. The Morgan fingerprint density at radius 3 is 1.50 bits per heavy atom. The summed E-state index contributed by atoms with van der Waals surface area (Å²) in [6, 6.07) is 0. The zero-order valence-corrected chi connectivity index (χ0v) is 18.2. The second-order valence-corrected chi connectivity index (χ2v) is 7.56. The van der Waals surface area contributed by atoms with Crippen molar-refractivity contribution in [1.29, 1.82) is 0 Å². The molecule has 0 N–H and O–H groups in total. The van der Waals surface area contributed by atoms with Gasteiger partial charge in [0.15, 0.2) is 11.5 Å². The number of hydrogen-bond donors (Lipinski definition) is 0. The Balaban J connectivity index is 4.47. The lowest BCUT2D eigenvalue weighted by molar-refractivity contribution is 0.304. The Labute approximate surface area is 155 Å². The summed E-state index contributed by atoms with van der Waals surface area (Å²) in [5.41, 5.74) is 0. The molecule has 0 saturated carbocycles. The lowest BCUT2D eigenvalue weighted by Gasteiger charge is -2.00. The fourth-order valence-electron chi connectivity index (χ4n) is 1.20. The highest BCUT2D eigenvalue weighted by Gasteiger charge is 2.26. The summed E-state index contributed by atoms with van der Waals surface area (Å²) < 4.78 is 22.7. The van der Waals surface area contributed by atoms with Crippen molar-refractivity contribution in [2.24, 2.45) is 0 Å². The van der Waals surface area contributed by atoms with Crippen LogP contribution in [0.4, 0.5) is 0 Å². The Hall–Kier alpha value is 1.10. The summed E-state index contributed by atoms with van der Waals surface area (Å²) in [6.07, 6.45) is 6.91. The van der Waals surface area contributed by atoms with E-state index in [1.807, 2.05) is 12.2 Å². The van der Waals surface area contributed by atoms with Crippen LogP contribution in [-0.4, -0.2) is 21.3 Å². The first-order chi connectivity index (χ1) is 9.67. The minimum Gasteiger partial charge on any atom is -0.227 e. The number of alkyl halides is 4. The number of hydrogen-bond acceptors (Lipinski definition) is 3. The van der Waals surface area contributed by atoms with Gasteiger partial charge < -0.3 is 0 Å². The highest BCUT2D eigenvalue weighted by Crippen LogP contribution is 2.33. The van der Waals surface area contributed by atoms with Gasteiger partial charge in [0, 0.05) is 38.7 Å². The molecule has 0 atom stereocenters. The van der Waals surface area contributed by atoms with Crippen molar-refractivity contribution in [3.05, 3.63) is 23.7 Å². The molecule has 0 radical (unpaired) electrons. The summed E-state index contributed by atoms with van der Waals surface area (Å²) in [6.45, 7) is 0. The molecule has 0 rings (SSSR count). The van der Waals surface area contributed by atoms with Gasteiger partial charge in [-0.25, -0.2) is 9.05 Å². The van der Waals surface area contributed by atoms with Gasteiger partial charge in [-0.1, -0.05) is 63.7 Å². The first-order valence-electron chi connectivity index (χ1n) is 6.13. The van der Waals surface area contributed by atoms with Crippen molar-refractivity contribution in [1.82, 2.24) is 0 Å². The van der Waals surface area contributed by atoms with Gasteiger partial charge >= 0.3 is 8.25 Å². The molecule has 0 aliphatic heterocycles. The van der Waals surface area contributed by atoms with Crippen LogP contribution in [0.2, 0.25) is 0 Å². The summed E-state index contributed by atoms with van der Waals surface area (Å²) in [5.74, 6) is 1.39. The van der Waals surface area contributed by atoms with Crippen LogP contribution in [0.25, 0.3) is 0 Å². The van der Waals surface area contributed by atoms with Crippen LogP contribution in [0.5, 0.6) is 0 Å². The molecule has 20 heavy (non-hydrogen) atoms. The average Bonchev–Trinajstić information content (AvgIpc) is 2.42. The van der Waals surface area contributed by atoms with Gasteiger partial charge in [0.1, 0.15) is 0 Å². The van der Waals surface area contributed by atoms with Crippen LogP contribution in [0, 0.1) is 0 Å². The van der Waals surface area contributed by atoms with E-state index in [4.69, 9.17) is 9.05 Å². The van der Waals surface area contributed by atoms with E-state index in [0.717, 1.165) is 34.2 Å². The van der Waals surface area contributed by atoms with E-state index in [1.54, 1.807) is 0 Å². The molecular formula is C12H18Br4O3P+. The highest BCUT2D eigenvalue weighted by molar-refractivity contribution is 9.09. The molecule has 0 amide bonds. The number of rotatable bonds is 12. The number of allylic oxidation sites excluding steroid dienone is 4. The standard InChI is InChI=1S/C12H18Br4O3P/c13-7-1-3-11(5-9-15)18-20(17)19-12(6-10-16)4-2-8-14/h3-4H,1-2,5-10H2/q+1/b11-3-,12-4-.